The zero-order valence-electron chi connectivity index (χ0n) is 17.3. The number of aryl methyl sites for hydroxylation is 1. The van der Waals surface area contributed by atoms with E-state index in [4.69, 9.17) is 16.3 Å². The molecule has 0 spiro atoms. The summed E-state index contributed by atoms with van der Waals surface area (Å²) in [6.45, 7) is 1.37. The highest BCUT2D eigenvalue weighted by molar-refractivity contribution is 7.92. The van der Waals surface area contributed by atoms with Gasteiger partial charge in [0.25, 0.3) is 0 Å². The van der Waals surface area contributed by atoms with Crippen LogP contribution < -0.4 is 9.46 Å². The predicted octanol–water partition coefficient (Wildman–Crippen LogP) is 4.96. The second-order valence-corrected chi connectivity index (χ2v) is 9.72. The van der Waals surface area contributed by atoms with E-state index >= 15 is 0 Å². The van der Waals surface area contributed by atoms with Crippen LogP contribution in [-0.4, -0.2) is 34.6 Å². The predicted molar refractivity (Wildman–Crippen MR) is 115 cm³/mol. The second kappa shape index (κ2) is 8.41. The number of nitrogens with zero attached hydrogens (tertiary/aromatic N) is 4. The van der Waals surface area contributed by atoms with E-state index in [2.05, 4.69) is 24.7 Å². The van der Waals surface area contributed by atoms with Gasteiger partial charge < -0.3 is 4.74 Å². The Bertz CT molecular complexity index is 1330. The molecule has 1 N–H and O–H groups in total. The summed E-state index contributed by atoms with van der Waals surface area (Å²) in [5, 5.41) is 0.359. The molecule has 1 aliphatic carbocycles. The van der Waals surface area contributed by atoms with E-state index in [-0.39, 0.29) is 34.6 Å². The zero-order valence-corrected chi connectivity index (χ0v) is 18.9. The fourth-order valence-corrected chi connectivity index (χ4v) is 3.80. The van der Waals surface area contributed by atoms with E-state index in [0.29, 0.717) is 29.1 Å². The zero-order chi connectivity index (χ0) is 24.0. The Balaban J connectivity index is 1.83. The topological polar surface area (TPSA) is 107 Å². The number of hydrogen-bond acceptors (Lipinski definition) is 7. The minimum Gasteiger partial charge on any atom is -0.433 e. The monoisotopic (exact) mass is 499 g/mol. The van der Waals surface area contributed by atoms with E-state index in [9.17, 15) is 21.6 Å². The third kappa shape index (κ3) is 5.50. The lowest BCUT2D eigenvalue weighted by molar-refractivity contribution is -0.145. The van der Waals surface area contributed by atoms with Crippen LogP contribution in [0, 0.1) is 6.92 Å². The quantitative estimate of drug-likeness (QED) is 0.511. The van der Waals surface area contributed by atoms with Crippen molar-refractivity contribution in [3.63, 3.8) is 0 Å². The smallest absolute Gasteiger partial charge is 0.433 e. The van der Waals surface area contributed by atoms with Crippen molar-refractivity contribution >= 4 is 27.3 Å². The SMILES string of the molecule is Cc1nc(C(F)(F)F)nc(C2CC2)c1Oc1nc(-c2cncc(Cl)c2)ccc1NS(C)(=O)=O. The maximum atomic E-state index is 13.2. The minimum atomic E-state index is -4.71. The molecule has 13 heteroatoms. The number of sulfonamides is 1. The molecule has 0 unspecified atom stereocenters. The molecule has 0 amide bonds. The first kappa shape index (κ1) is 23.2. The van der Waals surface area contributed by atoms with Gasteiger partial charge >= 0.3 is 6.18 Å². The molecule has 0 saturated heterocycles. The Kier molecular flexibility index (Phi) is 5.91. The summed E-state index contributed by atoms with van der Waals surface area (Å²) in [5.74, 6) is -1.63. The molecule has 3 heterocycles. The molecule has 3 aromatic heterocycles. The Morgan fingerprint density at radius 2 is 1.88 bits per heavy atom. The fourth-order valence-electron chi connectivity index (χ4n) is 3.08. The van der Waals surface area contributed by atoms with Crippen molar-refractivity contribution in [3.8, 4) is 22.9 Å². The molecule has 0 bridgehead atoms. The molecule has 1 aliphatic rings. The van der Waals surface area contributed by atoms with Crippen LogP contribution in [-0.2, 0) is 16.2 Å². The average Bonchev–Trinajstić information content (AvgIpc) is 3.54. The van der Waals surface area contributed by atoms with Gasteiger partial charge in [-0.2, -0.15) is 13.2 Å². The van der Waals surface area contributed by atoms with Crippen molar-refractivity contribution in [2.75, 3.05) is 11.0 Å². The van der Waals surface area contributed by atoms with Crippen LogP contribution in [0.1, 0.15) is 36.0 Å². The van der Waals surface area contributed by atoms with E-state index in [1.54, 1.807) is 6.07 Å². The molecule has 1 fully saturated rings. The average molecular weight is 500 g/mol. The first-order valence-electron chi connectivity index (χ1n) is 9.64. The van der Waals surface area contributed by atoms with Crippen molar-refractivity contribution in [2.24, 2.45) is 0 Å². The van der Waals surface area contributed by atoms with Gasteiger partial charge in [-0.1, -0.05) is 11.6 Å². The summed E-state index contributed by atoms with van der Waals surface area (Å²) in [7, 11) is -3.71. The Morgan fingerprint density at radius 1 is 1.15 bits per heavy atom. The minimum absolute atomic E-state index is 0.00252. The van der Waals surface area contributed by atoms with Crippen LogP contribution in [0.5, 0.6) is 11.6 Å². The Hall–Kier alpha value is -2.99. The van der Waals surface area contributed by atoms with Gasteiger partial charge in [-0.05, 0) is 38.0 Å². The molecule has 0 atom stereocenters. The number of nitrogens with one attached hydrogen (secondary N) is 1. The summed E-state index contributed by atoms with van der Waals surface area (Å²) in [6, 6.07) is 4.56. The molecule has 8 nitrogen and oxygen atoms in total. The van der Waals surface area contributed by atoms with Crippen LogP contribution in [0.3, 0.4) is 0 Å². The maximum absolute atomic E-state index is 13.2. The first-order valence-corrected chi connectivity index (χ1v) is 11.9. The summed E-state index contributed by atoms with van der Waals surface area (Å²) in [5.41, 5.74) is 0.953. The van der Waals surface area contributed by atoms with E-state index in [1.165, 1.54) is 31.5 Å². The lowest BCUT2D eigenvalue weighted by atomic mass is 10.2. The van der Waals surface area contributed by atoms with Gasteiger partial charge in [0, 0.05) is 23.9 Å². The molecule has 0 radical (unpaired) electrons. The van der Waals surface area contributed by atoms with Crippen molar-refractivity contribution in [2.45, 2.75) is 31.9 Å². The van der Waals surface area contributed by atoms with E-state index < -0.39 is 22.0 Å². The highest BCUT2D eigenvalue weighted by atomic mass is 35.5. The summed E-state index contributed by atoms with van der Waals surface area (Å²) < 4.78 is 71.6. The lowest BCUT2D eigenvalue weighted by Gasteiger charge is -2.17. The normalized spacial score (nSPS) is 14.2. The van der Waals surface area contributed by atoms with Gasteiger partial charge in [-0.3, -0.25) is 9.71 Å². The summed E-state index contributed by atoms with van der Waals surface area (Å²) >= 11 is 6.00. The first-order chi connectivity index (χ1) is 15.4. The molecule has 4 rings (SSSR count). The van der Waals surface area contributed by atoms with Crippen LogP contribution in [0.25, 0.3) is 11.3 Å². The number of aromatic nitrogens is 4. The third-order valence-corrected chi connectivity index (χ3v) is 5.43. The molecular formula is C20H17ClF3N5O3S. The molecule has 1 saturated carbocycles. The highest BCUT2D eigenvalue weighted by Gasteiger charge is 2.39. The number of pyridine rings is 2. The fraction of sp³-hybridized carbons (Fsp3) is 0.300. The number of ether oxygens (including phenoxy) is 1. The number of halogens is 4. The van der Waals surface area contributed by atoms with Crippen molar-refractivity contribution < 1.29 is 26.3 Å². The Labute approximate surface area is 192 Å². The van der Waals surface area contributed by atoms with Crippen LogP contribution in [0.15, 0.2) is 30.6 Å². The van der Waals surface area contributed by atoms with E-state index in [1.807, 2.05) is 0 Å². The van der Waals surface area contributed by atoms with Crippen LogP contribution in [0.4, 0.5) is 18.9 Å². The van der Waals surface area contributed by atoms with Gasteiger partial charge in [0.05, 0.1) is 28.4 Å². The van der Waals surface area contributed by atoms with Crippen LogP contribution in [0.2, 0.25) is 5.02 Å². The molecule has 174 valence electrons. The largest absolute Gasteiger partial charge is 0.451 e. The van der Waals surface area contributed by atoms with Gasteiger partial charge in [0.1, 0.15) is 5.69 Å². The van der Waals surface area contributed by atoms with Crippen molar-refractivity contribution in [3.05, 3.63) is 52.8 Å². The highest BCUT2D eigenvalue weighted by Crippen LogP contribution is 2.46. The van der Waals surface area contributed by atoms with Gasteiger partial charge in [0.15, 0.2) is 5.75 Å². The summed E-state index contributed by atoms with van der Waals surface area (Å²) in [6.07, 6.45) is 0.485. The lowest BCUT2D eigenvalue weighted by Crippen LogP contribution is -2.15. The Morgan fingerprint density at radius 3 is 2.48 bits per heavy atom. The maximum Gasteiger partial charge on any atom is 0.451 e. The van der Waals surface area contributed by atoms with Crippen molar-refractivity contribution in [1.82, 2.24) is 19.9 Å². The number of hydrogen-bond donors (Lipinski definition) is 1. The van der Waals surface area contributed by atoms with Gasteiger partial charge in [-0.15, -0.1) is 0 Å². The third-order valence-electron chi connectivity index (χ3n) is 4.63. The molecule has 33 heavy (non-hydrogen) atoms. The number of anilines is 1. The number of alkyl halides is 3. The van der Waals surface area contributed by atoms with Crippen LogP contribution >= 0.6 is 11.6 Å². The van der Waals surface area contributed by atoms with Gasteiger partial charge in [0.2, 0.25) is 21.7 Å². The van der Waals surface area contributed by atoms with Crippen molar-refractivity contribution in [1.29, 1.82) is 0 Å². The summed E-state index contributed by atoms with van der Waals surface area (Å²) in [4.78, 5) is 15.6. The second-order valence-electron chi connectivity index (χ2n) is 7.54. The standard InChI is InChI=1S/C20H17ClF3N5O3S/c1-10-17(16(11-3-4-11)28-19(26-10)20(22,23)24)32-18-15(29-33(2,30)31)6-5-14(27-18)12-7-13(21)9-25-8-12/h5-9,11,29H,3-4H2,1-2H3. The molecular weight excluding hydrogens is 483 g/mol. The van der Waals surface area contributed by atoms with E-state index in [0.717, 1.165) is 6.26 Å². The molecule has 0 aliphatic heterocycles. The molecule has 0 aromatic carbocycles. The molecule has 3 aromatic rings. The number of rotatable bonds is 6. The van der Waals surface area contributed by atoms with Gasteiger partial charge in [-0.25, -0.2) is 23.4 Å².